The van der Waals surface area contributed by atoms with Crippen molar-refractivity contribution in [3.8, 4) is 5.75 Å². The first-order valence-electron chi connectivity index (χ1n) is 5.87. The largest absolute Gasteiger partial charge is 0.506 e. The molecule has 0 aliphatic rings. The highest BCUT2D eigenvalue weighted by atomic mass is 35.5. The molecule has 4 nitrogen and oxygen atoms in total. The van der Waals surface area contributed by atoms with E-state index in [4.69, 9.17) is 11.6 Å². The second-order valence-corrected chi connectivity index (χ2v) is 4.57. The highest BCUT2D eigenvalue weighted by molar-refractivity contribution is 6.32. The number of halogens is 1. The first-order valence-corrected chi connectivity index (χ1v) is 6.25. The molecule has 0 saturated heterocycles. The fraction of sp³-hybridized carbons (Fsp3) is 0.308. The van der Waals surface area contributed by atoms with Crippen LogP contribution in [0.25, 0.3) is 0 Å². The topological polar surface area (TPSA) is 50.1 Å². The molecule has 1 atom stereocenters. The lowest BCUT2D eigenvalue weighted by atomic mass is 10.2. The number of anilines is 1. The van der Waals surface area contributed by atoms with Crippen LogP contribution >= 0.6 is 11.6 Å². The summed E-state index contributed by atoms with van der Waals surface area (Å²) in [6.07, 6.45) is 3.86. The molecule has 0 spiro atoms. The van der Waals surface area contributed by atoms with Crippen LogP contribution in [0.4, 0.5) is 5.69 Å². The Hall–Kier alpha value is -1.68. The number of phenols is 1. The van der Waals surface area contributed by atoms with E-state index in [1.165, 1.54) is 0 Å². The lowest BCUT2D eigenvalue weighted by molar-refractivity contribution is 0.475. The van der Waals surface area contributed by atoms with Crippen molar-refractivity contribution < 1.29 is 5.11 Å². The van der Waals surface area contributed by atoms with Crippen LogP contribution in [-0.4, -0.2) is 14.9 Å². The molecular weight excluding hydrogens is 250 g/mol. The second-order valence-electron chi connectivity index (χ2n) is 4.16. The second kappa shape index (κ2) is 5.31. The van der Waals surface area contributed by atoms with Gasteiger partial charge in [0.2, 0.25) is 0 Å². The van der Waals surface area contributed by atoms with Crippen LogP contribution < -0.4 is 5.32 Å². The lowest BCUT2D eigenvalue weighted by Gasteiger charge is -2.14. The summed E-state index contributed by atoms with van der Waals surface area (Å²) >= 11 is 5.86. The Kier molecular flexibility index (Phi) is 3.77. The molecule has 96 valence electrons. The zero-order valence-electron chi connectivity index (χ0n) is 10.4. The summed E-state index contributed by atoms with van der Waals surface area (Å²) in [7, 11) is 0. The number of aryl methyl sites for hydroxylation is 1. The minimum Gasteiger partial charge on any atom is -0.506 e. The first kappa shape index (κ1) is 12.8. The van der Waals surface area contributed by atoms with Gasteiger partial charge in [-0.05, 0) is 32.0 Å². The zero-order valence-corrected chi connectivity index (χ0v) is 11.1. The van der Waals surface area contributed by atoms with Gasteiger partial charge in [0.25, 0.3) is 0 Å². The van der Waals surface area contributed by atoms with Gasteiger partial charge in [0, 0.05) is 24.0 Å². The Bertz CT molecular complexity index is 539. The number of aromatic hydroxyl groups is 1. The van der Waals surface area contributed by atoms with Gasteiger partial charge in [0.05, 0.1) is 17.3 Å². The van der Waals surface area contributed by atoms with Crippen molar-refractivity contribution in [3.05, 3.63) is 41.2 Å². The van der Waals surface area contributed by atoms with E-state index in [1.807, 2.05) is 17.1 Å². The fourth-order valence-electron chi connectivity index (χ4n) is 1.71. The minimum absolute atomic E-state index is 0.0914. The minimum atomic E-state index is 0.0914. The van der Waals surface area contributed by atoms with Gasteiger partial charge < -0.3 is 10.4 Å². The average molecular weight is 266 g/mol. The van der Waals surface area contributed by atoms with E-state index in [2.05, 4.69) is 24.3 Å². The fourth-order valence-corrected chi connectivity index (χ4v) is 1.89. The quantitative estimate of drug-likeness (QED) is 0.833. The van der Waals surface area contributed by atoms with Crippen molar-refractivity contribution in [1.82, 2.24) is 9.78 Å². The van der Waals surface area contributed by atoms with Crippen LogP contribution in [0.3, 0.4) is 0 Å². The molecule has 1 aromatic heterocycles. The zero-order chi connectivity index (χ0) is 13.1. The van der Waals surface area contributed by atoms with E-state index in [9.17, 15) is 5.11 Å². The molecule has 0 radical (unpaired) electrons. The maximum atomic E-state index is 9.36. The number of benzene rings is 1. The van der Waals surface area contributed by atoms with Crippen molar-refractivity contribution in [1.29, 1.82) is 0 Å². The number of rotatable bonds is 4. The highest BCUT2D eigenvalue weighted by Gasteiger charge is 2.08. The molecular formula is C13H16ClN3O. The molecule has 1 unspecified atom stereocenters. The molecule has 1 heterocycles. The normalized spacial score (nSPS) is 12.4. The van der Waals surface area contributed by atoms with Crippen LogP contribution in [-0.2, 0) is 6.54 Å². The van der Waals surface area contributed by atoms with Crippen LogP contribution in [0.15, 0.2) is 30.6 Å². The summed E-state index contributed by atoms with van der Waals surface area (Å²) in [4.78, 5) is 0. The van der Waals surface area contributed by atoms with Crippen LogP contribution in [0, 0.1) is 0 Å². The van der Waals surface area contributed by atoms with E-state index < -0.39 is 0 Å². The van der Waals surface area contributed by atoms with Crippen LogP contribution in [0.5, 0.6) is 5.75 Å². The number of aromatic nitrogens is 2. The molecule has 0 aliphatic carbocycles. The average Bonchev–Trinajstić information content (AvgIpc) is 2.82. The van der Waals surface area contributed by atoms with Gasteiger partial charge in [-0.1, -0.05) is 11.6 Å². The predicted molar refractivity (Wildman–Crippen MR) is 73.1 cm³/mol. The van der Waals surface area contributed by atoms with E-state index in [0.29, 0.717) is 5.02 Å². The number of phenolic OH excluding ortho intramolecular Hbond substituents is 1. The SMILES string of the molecule is CCn1cc(C(C)Nc2ccc(O)c(Cl)c2)cn1. The van der Waals surface area contributed by atoms with Crippen molar-refractivity contribution >= 4 is 17.3 Å². The summed E-state index contributed by atoms with van der Waals surface area (Å²) in [5.74, 6) is 0.0914. The summed E-state index contributed by atoms with van der Waals surface area (Å²) < 4.78 is 1.89. The Morgan fingerprint density at radius 2 is 2.28 bits per heavy atom. The third-order valence-electron chi connectivity index (χ3n) is 2.81. The first-order chi connectivity index (χ1) is 8.60. The summed E-state index contributed by atoms with van der Waals surface area (Å²) in [5.41, 5.74) is 1.98. The number of hydrogen-bond acceptors (Lipinski definition) is 3. The van der Waals surface area contributed by atoms with E-state index >= 15 is 0 Å². The van der Waals surface area contributed by atoms with Gasteiger partial charge >= 0.3 is 0 Å². The number of hydrogen-bond donors (Lipinski definition) is 2. The van der Waals surface area contributed by atoms with Crippen molar-refractivity contribution in [2.75, 3.05) is 5.32 Å². The van der Waals surface area contributed by atoms with Crippen LogP contribution in [0.2, 0.25) is 5.02 Å². The third-order valence-corrected chi connectivity index (χ3v) is 3.11. The van der Waals surface area contributed by atoms with Gasteiger partial charge in [-0.25, -0.2) is 0 Å². The van der Waals surface area contributed by atoms with Crippen molar-refractivity contribution in [2.45, 2.75) is 26.4 Å². The number of nitrogens with one attached hydrogen (secondary N) is 1. The summed E-state index contributed by atoms with van der Waals surface area (Å²) in [6, 6.07) is 5.21. The highest BCUT2D eigenvalue weighted by Crippen LogP contribution is 2.28. The standard InChI is InChI=1S/C13H16ClN3O/c1-3-17-8-10(7-15-17)9(2)16-11-4-5-13(18)12(14)6-11/h4-9,16,18H,3H2,1-2H3. The van der Waals surface area contributed by atoms with Gasteiger partial charge in [-0.2, -0.15) is 5.10 Å². The Labute approximate surface area is 111 Å². The molecule has 18 heavy (non-hydrogen) atoms. The van der Waals surface area contributed by atoms with E-state index in [1.54, 1.807) is 18.2 Å². The molecule has 2 aromatic rings. The third kappa shape index (κ3) is 2.76. The molecule has 0 saturated carbocycles. The molecule has 0 aliphatic heterocycles. The van der Waals surface area contributed by atoms with Crippen molar-refractivity contribution in [2.24, 2.45) is 0 Å². The maximum Gasteiger partial charge on any atom is 0.134 e. The molecule has 0 fully saturated rings. The maximum absolute atomic E-state index is 9.36. The van der Waals surface area contributed by atoms with Gasteiger partial charge in [-0.15, -0.1) is 0 Å². The van der Waals surface area contributed by atoms with E-state index in [0.717, 1.165) is 17.8 Å². The smallest absolute Gasteiger partial charge is 0.134 e. The molecule has 0 bridgehead atoms. The molecule has 2 N–H and O–H groups in total. The Morgan fingerprint density at radius 3 is 2.89 bits per heavy atom. The van der Waals surface area contributed by atoms with E-state index in [-0.39, 0.29) is 11.8 Å². The summed E-state index contributed by atoms with van der Waals surface area (Å²) in [6.45, 7) is 4.96. The number of nitrogens with zero attached hydrogens (tertiary/aromatic N) is 2. The molecule has 1 aromatic carbocycles. The van der Waals surface area contributed by atoms with Crippen molar-refractivity contribution in [3.63, 3.8) is 0 Å². The Morgan fingerprint density at radius 1 is 1.50 bits per heavy atom. The van der Waals surface area contributed by atoms with Crippen LogP contribution in [0.1, 0.15) is 25.5 Å². The Balaban J connectivity index is 2.10. The molecule has 2 rings (SSSR count). The van der Waals surface area contributed by atoms with Gasteiger partial charge in [-0.3, -0.25) is 4.68 Å². The monoisotopic (exact) mass is 265 g/mol. The van der Waals surface area contributed by atoms with Gasteiger partial charge in [0.15, 0.2) is 0 Å². The lowest BCUT2D eigenvalue weighted by Crippen LogP contribution is -2.05. The summed E-state index contributed by atoms with van der Waals surface area (Å²) in [5, 5.41) is 17.3. The predicted octanol–water partition coefficient (Wildman–Crippen LogP) is 3.44. The molecule has 5 heteroatoms. The van der Waals surface area contributed by atoms with Gasteiger partial charge in [0.1, 0.15) is 5.75 Å². The molecule has 0 amide bonds.